The van der Waals surface area contributed by atoms with Crippen LogP contribution in [0.15, 0.2) is 35.6 Å². The number of anilines is 1. The maximum atomic E-state index is 5.50. The number of nitrogens with one attached hydrogen (secondary N) is 2. The van der Waals surface area contributed by atoms with E-state index in [1.807, 2.05) is 22.8 Å². The van der Waals surface area contributed by atoms with Crippen molar-refractivity contribution in [3.63, 3.8) is 0 Å². The highest BCUT2D eigenvalue weighted by Gasteiger charge is 2.25. The zero-order chi connectivity index (χ0) is 19.1. The number of aryl methyl sites for hydroxylation is 1. The van der Waals surface area contributed by atoms with Gasteiger partial charge in [0.05, 0.1) is 12.8 Å². The van der Waals surface area contributed by atoms with Crippen LogP contribution in [0.25, 0.3) is 0 Å². The molecule has 0 saturated carbocycles. The lowest BCUT2D eigenvalue weighted by molar-refractivity contribution is 0.415. The van der Waals surface area contributed by atoms with Gasteiger partial charge < -0.3 is 24.8 Å². The minimum Gasteiger partial charge on any atom is -0.495 e. The standard InChI is InChI=1S/C19H29N7O/c1-4-20-19(21-12-18-24-22-14-25(18)5-2)23-15-10-11-26(13-15)16-8-6-7-9-17(16)27-3/h6-9,14-15H,4-5,10-13H2,1-3H3,(H2,20,21,23). The molecule has 0 bridgehead atoms. The first-order valence-corrected chi connectivity index (χ1v) is 9.54. The fourth-order valence-corrected chi connectivity index (χ4v) is 3.32. The topological polar surface area (TPSA) is 79.6 Å². The first kappa shape index (κ1) is 19.0. The minimum absolute atomic E-state index is 0.330. The van der Waals surface area contributed by atoms with E-state index in [-0.39, 0.29) is 0 Å². The van der Waals surface area contributed by atoms with E-state index in [9.17, 15) is 0 Å². The molecule has 1 aliphatic rings. The summed E-state index contributed by atoms with van der Waals surface area (Å²) in [5.41, 5.74) is 1.14. The Morgan fingerprint density at radius 1 is 1.33 bits per heavy atom. The summed E-state index contributed by atoms with van der Waals surface area (Å²) in [5, 5.41) is 15.0. The number of benzene rings is 1. The van der Waals surface area contributed by atoms with Crippen LogP contribution in [0.5, 0.6) is 5.75 Å². The molecule has 2 heterocycles. The number of ether oxygens (including phenoxy) is 1. The van der Waals surface area contributed by atoms with E-state index < -0.39 is 0 Å². The highest BCUT2D eigenvalue weighted by molar-refractivity contribution is 5.80. The number of hydrogen-bond donors (Lipinski definition) is 2. The van der Waals surface area contributed by atoms with Gasteiger partial charge in [-0.15, -0.1) is 10.2 Å². The van der Waals surface area contributed by atoms with Gasteiger partial charge in [0, 0.05) is 32.2 Å². The van der Waals surface area contributed by atoms with E-state index in [0.717, 1.165) is 55.8 Å². The van der Waals surface area contributed by atoms with E-state index in [0.29, 0.717) is 12.6 Å². The smallest absolute Gasteiger partial charge is 0.191 e. The number of aliphatic imine (C=N–C) groups is 1. The molecule has 1 saturated heterocycles. The Morgan fingerprint density at radius 2 is 2.19 bits per heavy atom. The van der Waals surface area contributed by atoms with Gasteiger partial charge in [-0.05, 0) is 32.4 Å². The second kappa shape index (κ2) is 9.25. The summed E-state index contributed by atoms with van der Waals surface area (Å²) in [7, 11) is 1.72. The molecule has 0 amide bonds. The van der Waals surface area contributed by atoms with Crippen LogP contribution >= 0.6 is 0 Å². The van der Waals surface area contributed by atoms with Gasteiger partial charge in [0.2, 0.25) is 0 Å². The molecule has 1 aromatic heterocycles. The van der Waals surface area contributed by atoms with E-state index in [2.05, 4.69) is 50.6 Å². The molecule has 2 aromatic rings. The van der Waals surface area contributed by atoms with Gasteiger partial charge in [0.25, 0.3) is 0 Å². The Kier molecular flexibility index (Phi) is 6.51. The molecule has 0 radical (unpaired) electrons. The lowest BCUT2D eigenvalue weighted by Gasteiger charge is -2.22. The van der Waals surface area contributed by atoms with Crippen LogP contribution in [-0.2, 0) is 13.1 Å². The van der Waals surface area contributed by atoms with E-state index in [1.54, 1.807) is 13.4 Å². The molecule has 1 aliphatic heterocycles. The van der Waals surface area contributed by atoms with Crippen LogP contribution in [-0.4, -0.2) is 53.5 Å². The normalized spacial score (nSPS) is 17.2. The summed E-state index contributed by atoms with van der Waals surface area (Å²) in [4.78, 5) is 7.04. The molecule has 1 unspecified atom stereocenters. The third kappa shape index (κ3) is 4.69. The third-order valence-electron chi connectivity index (χ3n) is 4.71. The van der Waals surface area contributed by atoms with Crippen molar-refractivity contribution in [2.24, 2.45) is 4.99 Å². The molecule has 0 aliphatic carbocycles. The fraction of sp³-hybridized carbons (Fsp3) is 0.526. The summed E-state index contributed by atoms with van der Waals surface area (Å²) in [5.74, 6) is 2.60. The van der Waals surface area contributed by atoms with Crippen molar-refractivity contribution in [3.8, 4) is 5.75 Å². The molecule has 1 atom stereocenters. The average Bonchev–Trinajstić information content (AvgIpc) is 3.35. The SMILES string of the molecule is CCNC(=NCc1nncn1CC)NC1CCN(c2ccccc2OC)C1. The highest BCUT2D eigenvalue weighted by Crippen LogP contribution is 2.30. The Hall–Kier alpha value is -2.77. The molecular formula is C19H29N7O. The second-order valence-corrected chi connectivity index (χ2v) is 6.48. The molecule has 0 spiro atoms. The Labute approximate surface area is 160 Å². The summed E-state index contributed by atoms with van der Waals surface area (Å²) in [6.45, 7) is 8.21. The number of hydrogen-bond acceptors (Lipinski definition) is 5. The number of nitrogens with zero attached hydrogens (tertiary/aromatic N) is 5. The van der Waals surface area contributed by atoms with Gasteiger partial charge in [0.1, 0.15) is 18.6 Å². The van der Waals surface area contributed by atoms with Gasteiger partial charge in [-0.1, -0.05) is 12.1 Å². The van der Waals surface area contributed by atoms with Gasteiger partial charge in [0.15, 0.2) is 11.8 Å². The summed E-state index contributed by atoms with van der Waals surface area (Å²) < 4.78 is 7.51. The molecule has 1 aromatic carbocycles. The fourth-order valence-electron chi connectivity index (χ4n) is 3.32. The van der Waals surface area contributed by atoms with E-state index in [1.165, 1.54) is 0 Å². The number of guanidine groups is 1. The van der Waals surface area contributed by atoms with Crippen LogP contribution in [0.1, 0.15) is 26.1 Å². The van der Waals surface area contributed by atoms with Gasteiger partial charge in [-0.3, -0.25) is 0 Å². The molecule has 27 heavy (non-hydrogen) atoms. The summed E-state index contributed by atoms with van der Waals surface area (Å²) in [6.07, 6.45) is 2.79. The number of methoxy groups -OCH3 is 1. The van der Waals surface area contributed by atoms with Crippen LogP contribution in [0, 0.1) is 0 Å². The minimum atomic E-state index is 0.330. The van der Waals surface area contributed by atoms with Crippen molar-refractivity contribution >= 4 is 11.6 Å². The monoisotopic (exact) mass is 371 g/mol. The lowest BCUT2D eigenvalue weighted by atomic mass is 10.2. The van der Waals surface area contributed by atoms with Gasteiger partial charge in [-0.25, -0.2) is 4.99 Å². The zero-order valence-corrected chi connectivity index (χ0v) is 16.4. The summed E-state index contributed by atoms with van der Waals surface area (Å²) >= 11 is 0. The van der Waals surface area contributed by atoms with Crippen LogP contribution in [0.3, 0.4) is 0 Å². The first-order chi connectivity index (χ1) is 13.2. The quantitative estimate of drug-likeness (QED) is 0.569. The lowest BCUT2D eigenvalue weighted by Crippen LogP contribution is -2.44. The second-order valence-electron chi connectivity index (χ2n) is 6.48. The Balaban J connectivity index is 1.63. The van der Waals surface area contributed by atoms with Crippen molar-refractivity contribution in [2.75, 3.05) is 31.6 Å². The van der Waals surface area contributed by atoms with E-state index >= 15 is 0 Å². The molecule has 2 N–H and O–H groups in total. The number of para-hydroxylation sites is 2. The van der Waals surface area contributed by atoms with Crippen molar-refractivity contribution in [1.29, 1.82) is 0 Å². The zero-order valence-electron chi connectivity index (χ0n) is 16.4. The van der Waals surface area contributed by atoms with Crippen molar-refractivity contribution in [3.05, 3.63) is 36.4 Å². The molecule has 8 heteroatoms. The molecule has 146 valence electrons. The van der Waals surface area contributed by atoms with Gasteiger partial charge >= 0.3 is 0 Å². The van der Waals surface area contributed by atoms with E-state index in [4.69, 9.17) is 4.74 Å². The Bertz CT molecular complexity index is 758. The van der Waals surface area contributed by atoms with Crippen LogP contribution < -0.4 is 20.3 Å². The predicted molar refractivity (Wildman–Crippen MR) is 107 cm³/mol. The summed E-state index contributed by atoms with van der Waals surface area (Å²) in [6, 6.07) is 8.49. The molecular weight excluding hydrogens is 342 g/mol. The van der Waals surface area contributed by atoms with Crippen molar-refractivity contribution in [2.45, 2.75) is 39.4 Å². The number of rotatable bonds is 7. The van der Waals surface area contributed by atoms with Crippen molar-refractivity contribution < 1.29 is 4.74 Å². The first-order valence-electron chi connectivity index (χ1n) is 9.54. The molecule has 8 nitrogen and oxygen atoms in total. The molecule has 3 rings (SSSR count). The third-order valence-corrected chi connectivity index (χ3v) is 4.71. The Morgan fingerprint density at radius 3 is 2.96 bits per heavy atom. The maximum absolute atomic E-state index is 5.50. The average molecular weight is 371 g/mol. The predicted octanol–water partition coefficient (Wildman–Crippen LogP) is 1.64. The van der Waals surface area contributed by atoms with Gasteiger partial charge in [-0.2, -0.15) is 0 Å². The largest absolute Gasteiger partial charge is 0.495 e. The molecule has 1 fully saturated rings. The highest BCUT2D eigenvalue weighted by atomic mass is 16.5. The van der Waals surface area contributed by atoms with Crippen LogP contribution in [0.2, 0.25) is 0 Å². The maximum Gasteiger partial charge on any atom is 0.191 e. The number of aromatic nitrogens is 3. The van der Waals surface area contributed by atoms with Crippen LogP contribution in [0.4, 0.5) is 5.69 Å². The van der Waals surface area contributed by atoms with Crippen molar-refractivity contribution in [1.82, 2.24) is 25.4 Å².